The minimum absolute atomic E-state index is 0.106. The Morgan fingerprint density at radius 3 is 2.83 bits per heavy atom. The van der Waals surface area contributed by atoms with E-state index < -0.39 is 0 Å². The summed E-state index contributed by atoms with van der Waals surface area (Å²) >= 11 is 0. The molecule has 0 atom stereocenters. The fraction of sp³-hybridized carbons (Fsp3) is 0.250. The van der Waals surface area contributed by atoms with Crippen LogP contribution in [-0.4, -0.2) is 42.0 Å². The lowest BCUT2D eigenvalue weighted by atomic mass is 10.1. The first kappa shape index (κ1) is 16.7. The normalized spacial score (nSPS) is 16.3. The Labute approximate surface area is 133 Å². The van der Waals surface area contributed by atoms with Crippen molar-refractivity contribution >= 4 is 22.9 Å². The standard InChI is InChI=1S/C16H19N3O4/c1-23-9-10-6-11(2-3-12(10)17)19-14-7-13(18-4-5-20)15(21)8-16(14)22/h2-3,6-8,18,20,22H,4-5,9,17H2,1H3/b19-14-. The van der Waals surface area contributed by atoms with Crippen molar-refractivity contribution in [3.8, 4) is 0 Å². The van der Waals surface area contributed by atoms with Crippen LogP contribution in [0.1, 0.15) is 5.56 Å². The number of aliphatic hydroxyl groups is 2. The maximum Gasteiger partial charge on any atom is 0.205 e. The van der Waals surface area contributed by atoms with Gasteiger partial charge in [-0.3, -0.25) is 4.79 Å². The third-order valence-electron chi connectivity index (χ3n) is 3.18. The van der Waals surface area contributed by atoms with E-state index in [0.29, 0.717) is 18.0 Å². The number of allylic oxidation sites excluding steroid dienone is 2. The summed E-state index contributed by atoms with van der Waals surface area (Å²) < 4.78 is 5.07. The Bertz CT molecular complexity index is 693. The number of hydrogen-bond acceptors (Lipinski definition) is 7. The monoisotopic (exact) mass is 317 g/mol. The molecule has 0 fully saturated rings. The number of hydrogen-bond donors (Lipinski definition) is 4. The van der Waals surface area contributed by atoms with E-state index in [2.05, 4.69) is 10.3 Å². The summed E-state index contributed by atoms with van der Waals surface area (Å²) in [5.41, 5.74) is 8.32. The Morgan fingerprint density at radius 2 is 2.13 bits per heavy atom. The molecule has 0 bridgehead atoms. The van der Waals surface area contributed by atoms with E-state index in [1.54, 1.807) is 25.3 Å². The molecule has 1 aromatic rings. The molecular weight excluding hydrogens is 298 g/mol. The van der Waals surface area contributed by atoms with Crippen molar-refractivity contribution in [3.05, 3.63) is 47.4 Å². The zero-order valence-electron chi connectivity index (χ0n) is 12.7. The average Bonchev–Trinajstić information content (AvgIpc) is 2.52. The third-order valence-corrected chi connectivity index (χ3v) is 3.18. The van der Waals surface area contributed by atoms with Gasteiger partial charge in [-0.05, 0) is 24.3 Å². The van der Waals surface area contributed by atoms with E-state index in [4.69, 9.17) is 15.6 Å². The molecule has 0 saturated heterocycles. The van der Waals surface area contributed by atoms with Crippen LogP contribution >= 0.6 is 0 Å². The van der Waals surface area contributed by atoms with Gasteiger partial charge >= 0.3 is 0 Å². The van der Waals surface area contributed by atoms with Crippen LogP contribution in [0.25, 0.3) is 0 Å². The number of benzene rings is 1. The van der Waals surface area contributed by atoms with E-state index in [1.807, 2.05) is 0 Å². The minimum atomic E-state index is -0.368. The number of nitrogens with two attached hydrogens (primary N) is 1. The minimum Gasteiger partial charge on any atom is -0.506 e. The maximum absolute atomic E-state index is 11.8. The zero-order valence-corrected chi connectivity index (χ0v) is 12.7. The van der Waals surface area contributed by atoms with Gasteiger partial charge in [-0.1, -0.05) is 0 Å². The summed E-state index contributed by atoms with van der Waals surface area (Å²) in [6.07, 6.45) is 2.53. The van der Waals surface area contributed by atoms with E-state index in [9.17, 15) is 9.90 Å². The number of rotatable bonds is 6. The average molecular weight is 317 g/mol. The molecule has 0 amide bonds. The lowest BCUT2D eigenvalue weighted by Crippen LogP contribution is -2.26. The van der Waals surface area contributed by atoms with Crippen LogP contribution in [-0.2, 0) is 16.1 Å². The number of aliphatic imine (C=N–C) groups is 1. The summed E-state index contributed by atoms with van der Waals surface area (Å²) in [6, 6.07) is 5.17. The smallest absolute Gasteiger partial charge is 0.205 e. The summed E-state index contributed by atoms with van der Waals surface area (Å²) in [6.45, 7) is 0.481. The van der Waals surface area contributed by atoms with Gasteiger partial charge < -0.3 is 26.0 Å². The summed E-state index contributed by atoms with van der Waals surface area (Å²) in [5, 5.41) is 21.5. The lowest BCUT2D eigenvalue weighted by Gasteiger charge is -2.13. The summed E-state index contributed by atoms with van der Waals surface area (Å²) in [7, 11) is 1.57. The van der Waals surface area contributed by atoms with Crippen molar-refractivity contribution in [3.63, 3.8) is 0 Å². The molecule has 0 aliphatic heterocycles. The quantitative estimate of drug-likeness (QED) is 0.459. The largest absolute Gasteiger partial charge is 0.506 e. The molecule has 122 valence electrons. The van der Waals surface area contributed by atoms with Gasteiger partial charge in [-0.15, -0.1) is 0 Å². The molecule has 0 aromatic heterocycles. The van der Waals surface area contributed by atoms with Crippen LogP contribution in [0.2, 0.25) is 0 Å². The lowest BCUT2D eigenvalue weighted by molar-refractivity contribution is -0.111. The van der Waals surface area contributed by atoms with E-state index in [0.717, 1.165) is 11.6 Å². The Morgan fingerprint density at radius 1 is 1.35 bits per heavy atom. The number of carbonyl (C=O) groups is 1. The number of nitrogens with zero attached hydrogens (tertiary/aromatic N) is 1. The highest BCUT2D eigenvalue weighted by molar-refractivity contribution is 6.21. The number of methoxy groups -OCH3 is 1. The van der Waals surface area contributed by atoms with Crippen molar-refractivity contribution in [2.45, 2.75) is 6.61 Å². The number of anilines is 1. The van der Waals surface area contributed by atoms with Crippen LogP contribution in [0.15, 0.2) is 46.8 Å². The second kappa shape index (κ2) is 7.57. The predicted octanol–water partition coefficient (Wildman–Crippen LogP) is 0.978. The van der Waals surface area contributed by atoms with E-state index in [1.165, 1.54) is 6.08 Å². The SMILES string of the molecule is COCc1cc(/N=C2/C=C(NCCO)C(=O)C=C2O)ccc1N. The van der Waals surface area contributed by atoms with Crippen molar-refractivity contribution in [1.82, 2.24) is 5.32 Å². The van der Waals surface area contributed by atoms with Gasteiger partial charge in [0.1, 0.15) is 11.5 Å². The molecule has 0 saturated carbocycles. The molecule has 0 unspecified atom stereocenters. The highest BCUT2D eigenvalue weighted by atomic mass is 16.5. The van der Waals surface area contributed by atoms with Gasteiger partial charge in [0.05, 0.1) is 24.6 Å². The third kappa shape index (κ3) is 4.18. The summed E-state index contributed by atoms with van der Waals surface area (Å²) in [5.74, 6) is -0.582. The highest BCUT2D eigenvalue weighted by Crippen LogP contribution is 2.22. The van der Waals surface area contributed by atoms with Crippen molar-refractivity contribution in [1.29, 1.82) is 0 Å². The molecule has 2 rings (SSSR count). The zero-order chi connectivity index (χ0) is 16.8. The van der Waals surface area contributed by atoms with Crippen molar-refractivity contribution in [2.75, 3.05) is 26.0 Å². The first-order valence-corrected chi connectivity index (χ1v) is 7.03. The molecule has 23 heavy (non-hydrogen) atoms. The highest BCUT2D eigenvalue weighted by Gasteiger charge is 2.18. The second-order valence-electron chi connectivity index (χ2n) is 4.92. The fourth-order valence-corrected chi connectivity index (χ4v) is 2.06. The fourth-order valence-electron chi connectivity index (χ4n) is 2.06. The van der Waals surface area contributed by atoms with Crippen molar-refractivity contribution < 1.29 is 19.7 Å². The van der Waals surface area contributed by atoms with Crippen LogP contribution in [0.4, 0.5) is 11.4 Å². The van der Waals surface area contributed by atoms with E-state index >= 15 is 0 Å². The number of ketones is 1. The first-order chi connectivity index (χ1) is 11.0. The predicted molar refractivity (Wildman–Crippen MR) is 87.6 cm³/mol. The molecular formula is C16H19N3O4. The van der Waals surface area contributed by atoms with Gasteiger partial charge in [0.25, 0.3) is 0 Å². The number of nitrogens with one attached hydrogen (secondary N) is 1. The van der Waals surface area contributed by atoms with Gasteiger partial charge in [0.15, 0.2) is 0 Å². The molecule has 0 heterocycles. The van der Waals surface area contributed by atoms with E-state index in [-0.39, 0.29) is 36.1 Å². The number of nitrogen functional groups attached to an aromatic ring is 1. The second-order valence-corrected chi connectivity index (χ2v) is 4.92. The van der Waals surface area contributed by atoms with Crippen LogP contribution < -0.4 is 11.1 Å². The Balaban J connectivity index is 2.33. The van der Waals surface area contributed by atoms with Gasteiger partial charge in [-0.25, -0.2) is 4.99 Å². The topological polar surface area (TPSA) is 117 Å². The van der Waals surface area contributed by atoms with Gasteiger partial charge in [0.2, 0.25) is 5.78 Å². The van der Waals surface area contributed by atoms with Crippen LogP contribution in [0, 0.1) is 0 Å². The molecule has 7 heteroatoms. The number of carbonyl (C=O) groups excluding carboxylic acids is 1. The van der Waals surface area contributed by atoms with Gasteiger partial charge in [0, 0.05) is 31.0 Å². The molecule has 0 spiro atoms. The van der Waals surface area contributed by atoms with Gasteiger partial charge in [-0.2, -0.15) is 0 Å². The Hall–Kier alpha value is -2.64. The molecule has 1 aliphatic rings. The molecule has 0 radical (unpaired) electrons. The summed E-state index contributed by atoms with van der Waals surface area (Å²) in [4.78, 5) is 16.1. The molecule has 1 aromatic carbocycles. The van der Waals surface area contributed by atoms with Crippen LogP contribution in [0.3, 0.4) is 0 Å². The van der Waals surface area contributed by atoms with Crippen LogP contribution in [0.5, 0.6) is 0 Å². The number of ether oxygens (including phenoxy) is 1. The van der Waals surface area contributed by atoms with Crippen molar-refractivity contribution in [2.24, 2.45) is 4.99 Å². The first-order valence-electron chi connectivity index (χ1n) is 7.03. The maximum atomic E-state index is 11.8. The number of aliphatic hydroxyl groups excluding tert-OH is 2. The molecule has 7 nitrogen and oxygen atoms in total. The Kier molecular flexibility index (Phi) is 5.51. The molecule has 1 aliphatic carbocycles. The molecule has 5 N–H and O–H groups in total.